The third-order valence-electron chi connectivity index (χ3n) is 6.10. The first-order valence-corrected chi connectivity index (χ1v) is 11.8. The number of methoxy groups -OCH3 is 1. The minimum atomic E-state index is -1.56. The van der Waals surface area contributed by atoms with E-state index in [0.717, 1.165) is 5.56 Å². The number of ether oxygens (including phenoxy) is 3. The van der Waals surface area contributed by atoms with Crippen LogP contribution >= 0.6 is 11.6 Å². The molecule has 0 saturated carbocycles. The molecule has 0 aliphatic carbocycles. The maximum absolute atomic E-state index is 12.7. The molecule has 0 aliphatic heterocycles. The summed E-state index contributed by atoms with van der Waals surface area (Å²) in [7, 11) is 1.48. The molecule has 1 aromatic rings. The maximum Gasteiger partial charge on any atom is 0.327 e. The normalized spacial score (nSPS) is 17.1. The Morgan fingerprint density at radius 3 is 1.97 bits per heavy atom. The molecule has 0 radical (unpaired) electrons. The predicted octanol–water partition coefficient (Wildman–Crippen LogP) is 4.98. The Bertz CT molecular complexity index is 837. The smallest absolute Gasteiger partial charge is 0.327 e. The first kappa shape index (κ1) is 29.9. The molecule has 0 aliphatic rings. The summed E-state index contributed by atoms with van der Waals surface area (Å²) in [5.74, 6) is -2.13. The summed E-state index contributed by atoms with van der Waals surface area (Å²) < 4.78 is 15.3. The van der Waals surface area contributed by atoms with Gasteiger partial charge in [0, 0.05) is 7.11 Å². The first-order chi connectivity index (χ1) is 15.6. The molecule has 0 bridgehead atoms. The fraction of sp³-hybridized carbons (Fsp3) is 0.654. The van der Waals surface area contributed by atoms with Gasteiger partial charge >= 0.3 is 17.9 Å². The maximum atomic E-state index is 12.7. The van der Waals surface area contributed by atoms with Crippen molar-refractivity contribution in [3.8, 4) is 0 Å². The van der Waals surface area contributed by atoms with Crippen molar-refractivity contribution < 1.29 is 33.7 Å². The highest BCUT2D eigenvalue weighted by atomic mass is 35.5. The van der Waals surface area contributed by atoms with E-state index in [4.69, 9.17) is 25.8 Å². The van der Waals surface area contributed by atoms with Crippen LogP contribution in [0.25, 0.3) is 0 Å². The summed E-state index contributed by atoms with van der Waals surface area (Å²) in [4.78, 5) is 36.3. The third-order valence-corrected chi connectivity index (χ3v) is 6.38. The molecule has 7 nitrogen and oxygen atoms in total. The molecule has 1 rings (SSSR count). The van der Waals surface area contributed by atoms with Gasteiger partial charge in [0.05, 0.1) is 24.0 Å². The molecule has 3 unspecified atom stereocenters. The second-order valence-electron chi connectivity index (χ2n) is 10.3. The number of rotatable bonds is 14. The van der Waals surface area contributed by atoms with Gasteiger partial charge in [0.25, 0.3) is 0 Å². The van der Waals surface area contributed by atoms with E-state index in [0.29, 0.717) is 6.42 Å². The Kier molecular flexibility index (Phi) is 10.6. The Morgan fingerprint density at radius 1 is 0.882 bits per heavy atom. The van der Waals surface area contributed by atoms with Gasteiger partial charge < -0.3 is 19.3 Å². The summed E-state index contributed by atoms with van der Waals surface area (Å²) in [5.41, 5.74) is -2.12. The van der Waals surface area contributed by atoms with Crippen LogP contribution in [0.1, 0.15) is 66.4 Å². The SMILES string of the molecule is CCOC(=O)C(C)(C)CC(C)(CC(C)(CC(C)(Cl)C(=O)OCCOC)C(=O)O)c1ccccc1. The average Bonchev–Trinajstić information content (AvgIpc) is 2.73. The number of carboxylic acids is 1. The molecule has 0 amide bonds. The van der Waals surface area contributed by atoms with Crippen LogP contribution in [0.15, 0.2) is 30.3 Å². The number of carbonyl (C=O) groups excluding carboxylic acids is 2. The summed E-state index contributed by atoms with van der Waals surface area (Å²) in [6, 6.07) is 9.47. The molecule has 0 saturated heterocycles. The number of benzene rings is 1. The van der Waals surface area contributed by atoms with Crippen LogP contribution in [0.4, 0.5) is 0 Å². The van der Waals surface area contributed by atoms with Gasteiger partial charge in [-0.05, 0) is 64.9 Å². The van der Waals surface area contributed by atoms with E-state index in [2.05, 4.69) is 0 Å². The van der Waals surface area contributed by atoms with Gasteiger partial charge in [0.15, 0.2) is 0 Å². The van der Waals surface area contributed by atoms with Crippen molar-refractivity contribution in [1.82, 2.24) is 0 Å². The highest BCUT2D eigenvalue weighted by molar-refractivity contribution is 6.33. The number of hydrogen-bond acceptors (Lipinski definition) is 6. The minimum Gasteiger partial charge on any atom is -0.481 e. The molecule has 1 N–H and O–H groups in total. The average molecular weight is 499 g/mol. The highest BCUT2D eigenvalue weighted by Crippen LogP contribution is 2.48. The van der Waals surface area contributed by atoms with Gasteiger partial charge in [-0.1, -0.05) is 37.3 Å². The Hall–Kier alpha value is -2.12. The van der Waals surface area contributed by atoms with Crippen LogP contribution in [0, 0.1) is 10.8 Å². The van der Waals surface area contributed by atoms with Crippen molar-refractivity contribution >= 4 is 29.5 Å². The zero-order valence-corrected chi connectivity index (χ0v) is 22.2. The van der Waals surface area contributed by atoms with Crippen LogP contribution in [0.3, 0.4) is 0 Å². The molecule has 8 heteroatoms. The van der Waals surface area contributed by atoms with Gasteiger partial charge in [-0.15, -0.1) is 11.6 Å². The Labute approximate surface area is 208 Å². The lowest BCUT2D eigenvalue weighted by Gasteiger charge is -2.43. The summed E-state index contributed by atoms with van der Waals surface area (Å²) >= 11 is 6.54. The molecule has 0 heterocycles. The first-order valence-electron chi connectivity index (χ1n) is 11.4. The third kappa shape index (κ3) is 7.98. The molecule has 34 heavy (non-hydrogen) atoms. The fourth-order valence-electron chi connectivity index (χ4n) is 4.73. The molecule has 1 aromatic carbocycles. The zero-order chi connectivity index (χ0) is 26.2. The van der Waals surface area contributed by atoms with Crippen molar-refractivity contribution in [3.05, 3.63) is 35.9 Å². The van der Waals surface area contributed by atoms with Crippen LogP contribution in [-0.2, 0) is 34.0 Å². The van der Waals surface area contributed by atoms with Crippen molar-refractivity contribution in [3.63, 3.8) is 0 Å². The number of alkyl halides is 1. The van der Waals surface area contributed by atoms with E-state index in [1.54, 1.807) is 27.7 Å². The fourth-order valence-corrected chi connectivity index (χ4v) is 5.08. The lowest BCUT2D eigenvalue weighted by atomic mass is 9.61. The van der Waals surface area contributed by atoms with Gasteiger partial charge in [-0.25, -0.2) is 0 Å². The topological polar surface area (TPSA) is 99.1 Å². The summed E-state index contributed by atoms with van der Waals surface area (Å²) in [6.07, 6.45) is 0.309. The molecular weight excluding hydrogens is 460 g/mol. The number of carbonyl (C=O) groups is 3. The summed E-state index contributed by atoms with van der Waals surface area (Å²) in [5, 5.41) is 10.3. The van der Waals surface area contributed by atoms with E-state index in [1.807, 2.05) is 37.3 Å². The second kappa shape index (κ2) is 12.0. The summed E-state index contributed by atoms with van der Waals surface area (Å²) in [6.45, 7) is 10.8. The van der Waals surface area contributed by atoms with Crippen LogP contribution < -0.4 is 0 Å². The van der Waals surface area contributed by atoms with Crippen LogP contribution in [0.5, 0.6) is 0 Å². The minimum absolute atomic E-state index is 0.0247. The lowest BCUT2D eigenvalue weighted by molar-refractivity contribution is -0.155. The van der Waals surface area contributed by atoms with E-state index in [1.165, 1.54) is 14.0 Å². The highest BCUT2D eigenvalue weighted by Gasteiger charge is 2.50. The van der Waals surface area contributed by atoms with Gasteiger partial charge in [0.2, 0.25) is 0 Å². The Morgan fingerprint density at radius 2 is 1.47 bits per heavy atom. The van der Waals surface area contributed by atoms with Gasteiger partial charge in [0.1, 0.15) is 11.5 Å². The van der Waals surface area contributed by atoms with E-state index in [9.17, 15) is 19.5 Å². The number of hydrogen-bond donors (Lipinski definition) is 1. The largest absolute Gasteiger partial charge is 0.481 e. The molecule has 0 spiro atoms. The van der Waals surface area contributed by atoms with E-state index < -0.39 is 33.1 Å². The van der Waals surface area contributed by atoms with Crippen LogP contribution in [-0.4, -0.2) is 54.8 Å². The standard InChI is InChI=1S/C26H39ClO7/c1-8-33-21(30)23(2,3)16-24(4,19-12-10-9-11-13-19)17-25(5,20(28)29)18-26(6,27)22(31)34-15-14-32-7/h9-13H,8,14-18H2,1-7H3,(H,28,29). The van der Waals surface area contributed by atoms with Crippen molar-refractivity contribution in [2.75, 3.05) is 26.9 Å². The van der Waals surface area contributed by atoms with Gasteiger partial charge in [-0.2, -0.15) is 0 Å². The lowest BCUT2D eigenvalue weighted by Crippen LogP contribution is -2.46. The molecule has 0 fully saturated rings. The molecular formula is C26H39ClO7. The van der Waals surface area contributed by atoms with E-state index in [-0.39, 0.29) is 38.6 Å². The van der Waals surface area contributed by atoms with Crippen molar-refractivity contribution in [2.24, 2.45) is 10.8 Å². The molecule has 3 atom stereocenters. The monoisotopic (exact) mass is 498 g/mol. The predicted molar refractivity (Wildman–Crippen MR) is 131 cm³/mol. The Balaban J connectivity index is 3.36. The quantitative estimate of drug-likeness (QED) is 0.219. The zero-order valence-electron chi connectivity index (χ0n) is 21.4. The van der Waals surface area contributed by atoms with Crippen molar-refractivity contribution in [2.45, 2.75) is 71.1 Å². The second-order valence-corrected chi connectivity index (χ2v) is 11.1. The van der Waals surface area contributed by atoms with Crippen LogP contribution in [0.2, 0.25) is 0 Å². The van der Waals surface area contributed by atoms with Gasteiger partial charge in [-0.3, -0.25) is 14.4 Å². The number of halogens is 1. The van der Waals surface area contributed by atoms with E-state index >= 15 is 0 Å². The molecule has 192 valence electrons. The van der Waals surface area contributed by atoms with Crippen molar-refractivity contribution in [1.29, 1.82) is 0 Å². The molecule has 0 aromatic heterocycles. The number of carboxylic acid groups (broad SMARTS) is 1. The number of aliphatic carboxylic acids is 1. The number of esters is 2.